The number of anilines is 1. The molecule has 2 aromatic carbocycles. The normalized spacial score (nSPS) is 10.2. The topological polar surface area (TPSA) is 85.4 Å². The van der Waals surface area contributed by atoms with Crippen LogP contribution in [-0.2, 0) is 13.1 Å². The van der Waals surface area contributed by atoms with Crippen LogP contribution in [0.1, 0.15) is 21.6 Å². The molecule has 0 saturated heterocycles. The second kappa shape index (κ2) is 9.36. The van der Waals surface area contributed by atoms with Crippen LogP contribution in [0.2, 0.25) is 0 Å². The highest BCUT2D eigenvalue weighted by Gasteiger charge is 2.10. The van der Waals surface area contributed by atoms with Crippen LogP contribution < -0.4 is 20.1 Å². The molecule has 3 rings (SSSR count). The van der Waals surface area contributed by atoms with Gasteiger partial charge in [-0.1, -0.05) is 36.4 Å². The van der Waals surface area contributed by atoms with Crippen LogP contribution in [0.15, 0.2) is 60.9 Å². The van der Waals surface area contributed by atoms with Gasteiger partial charge in [-0.3, -0.25) is 4.79 Å². The standard InChI is InChI=1S/C21H22N4O3/c1-27-18-9-8-16(10-19(18)28-2)13-23-21(26)17-11-20(25-14-24-17)22-12-15-6-4-3-5-7-15/h3-11,14H,12-13H2,1-2H3,(H,23,26)(H,22,24,25). The molecular formula is C21H22N4O3. The quantitative estimate of drug-likeness (QED) is 0.627. The largest absolute Gasteiger partial charge is 0.493 e. The summed E-state index contributed by atoms with van der Waals surface area (Å²) in [6, 6.07) is 17.1. The lowest BCUT2D eigenvalue weighted by Crippen LogP contribution is -2.24. The molecule has 2 N–H and O–H groups in total. The maximum atomic E-state index is 12.4. The van der Waals surface area contributed by atoms with Gasteiger partial charge in [-0.15, -0.1) is 0 Å². The Balaban J connectivity index is 1.60. The molecule has 0 aliphatic carbocycles. The van der Waals surface area contributed by atoms with Gasteiger partial charge in [-0.2, -0.15) is 0 Å². The van der Waals surface area contributed by atoms with Crippen molar-refractivity contribution in [3.05, 3.63) is 77.7 Å². The first-order chi connectivity index (χ1) is 13.7. The van der Waals surface area contributed by atoms with E-state index in [0.29, 0.717) is 36.1 Å². The van der Waals surface area contributed by atoms with E-state index in [-0.39, 0.29) is 5.91 Å². The Morgan fingerprint density at radius 1 is 0.893 bits per heavy atom. The van der Waals surface area contributed by atoms with E-state index >= 15 is 0 Å². The summed E-state index contributed by atoms with van der Waals surface area (Å²) in [5.74, 6) is 1.57. The van der Waals surface area contributed by atoms with Gasteiger partial charge < -0.3 is 20.1 Å². The molecule has 0 saturated carbocycles. The number of rotatable bonds is 8. The third kappa shape index (κ3) is 4.97. The van der Waals surface area contributed by atoms with Crippen molar-refractivity contribution in [3.8, 4) is 11.5 Å². The van der Waals surface area contributed by atoms with Crippen molar-refractivity contribution in [1.29, 1.82) is 0 Å². The molecule has 0 radical (unpaired) electrons. The summed E-state index contributed by atoms with van der Waals surface area (Å²) < 4.78 is 10.5. The SMILES string of the molecule is COc1ccc(CNC(=O)c2cc(NCc3ccccc3)ncn2)cc1OC. The molecule has 144 valence electrons. The average molecular weight is 378 g/mol. The molecule has 28 heavy (non-hydrogen) atoms. The van der Waals surface area contributed by atoms with Gasteiger partial charge in [-0.05, 0) is 23.3 Å². The number of carbonyl (C=O) groups is 1. The number of hydrogen-bond acceptors (Lipinski definition) is 6. The summed E-state index contributed by atoms with van der Waals surface area (Å²) in [5, 5.41) is 6.05. The van der Waals surface area contributed by atoms with Crippen LogP contribution in [0.5, 0.6) is 11.5 Å². The summed E-state index contributed by atoms with van der Waals surface area (Å²) in [7, 11) is 3.16. The second-order valence-electron chi connectivity index (χ2n) is 6.00. The van der Waals surface area contributed by atoms with E-state index in [0.717, 1.165) is 11.1 Å². The van der Waals surface area contributed by atoms with Crippen molar-refractivity contribution in [2.24, 2.45) is 0 Å². The van der Waals surface area contributed by atoms with Gasteiger partial charge in [-0.25, -0.2) is 9.97 Å². The molecule has 7 nitrogen and oxygen atoms in total. The van der Waals surface area contributed by atoms with E-state index in [1.807, 2.05) is 42.5 Å². The highest BCUT2D eigenvalue weighted by molar-refractivity contribution is 5.92. The third-order valence-electron chi connectivity index (χ3n) is 4.12. The van der Waals surface area contributed by atoms with Crippen LogP contribution in [0, 0.1) is 0 Å². The predicted octanol–water partition coefficient (Wildman–Crippen LogP) is 3.04. The number of carbonyl (C=O) groups excluding carboxylic acids is 1. The Morgan fingerprint density at radius 2 is 1.68 bits per heavy atom. The molecule has 7 heteroatoms. The number of nitrogens with zero attached hydrogens (tertiary/aromatic N) is 2. The highest BCUT2D eigenvalue weighted by Crippen LogP contribution is 2.27. The van der Waals surface area contributed by atoms with Gasteiger partial charge in [0.05, 0.1) is 14.2 Å². The number of ether oxygens (including phenoxy) is 2. The monoisotopic (exact) mass is 378 g/mol. The van der Waals surface area contributed by atoms with Crippen LogP contribution in [-0.4, -0.2) is 30.1 Å². The van der Waals surface area contributed by atoms with Crippen molar-refractivity contribution in [2.45, 2.75) is 13.1 Å². The zero-order valence-electron chi connectivity index (χ0n) is 15.8. The Kier molecular flexibility index (Phi) is 6.41. The zero-order chi connectivity index (χ0) is 19.8. The first-order valence-corrected chi connectivity index (χ1v) is 8.78. The van der Waals surface area contributed by atoms with Crippen LogP contribution >= 0.6 is 0 Å². The lowest BCUT2D eigenvalue weighted by Gasteiger charge is -2.10. The van der Waals surface area contributed by atoms with Crippen LogP contribution in [0.4, 0.5) is 5.82 Å². The molecule has 0 aliphatic heterocycles. The number of nitrogens with one attached hydrogen (secondary N) is 2. The van der Waals surface area contributed by atoms with Crippen molar-refractivity contribution >= 4 is 11.7 Å². The van der Waals surface area contributed by atoms with Crippen molar-refractivity contribution in [3.63, 3.8) is 0 Å². The van der Waals surface area contributed by atoms with Gasteiger partial charge >= 0.3 is 0 Å². The summed E-state index contributed by atoms with van der Waals surface area (Å²) in [6.45, 7) is 0.959. The van der Waals surface area contributed by atoms with E-state index in [4.69, 9.17) is 9.47 Å². The lowest BCUT2D eigenvalue weighted by atomic mass is 10.2. The second-order valence-corrected chi connectivity index (χ2v) is 6.00. The van der Waals surface area contributed by atoms with E-state index in [9.17, 15) is 4.79 Å². The number of aromatic nitrogens is 2. The maximum absolute atomic E-state index is 12.4. The molecule has 0 aliphatic rings. The minimum Gasteiger partial charge on any atom is -0.493 e. The smallest absolute Gasteiger partial charge is 0.270 e. The Labute approximate surface area is 163 Å². The minimum absolute atomic E-state index is 0.278. The molecule has 3 aromatic rings. The van der Waals surface area contributed by atoms with Crippen molar-refractivity contribution in [2.75, 3.05) is 19.5 Å². The molecule has 0 spiro atoms. The number of hydrogen-bond donors (Lipinski definition) is 2. The predicted molar refractivity (Wildman–Crippen MR) is 107 cm³/mol. The Hall–Kier alpha value is -3.61. The maximum Gasteiger partial charge on any atom is 0.270 e. The minimum atomic E-state index is -0.278. The lowest BCUT2D eigenvalue weighted by molar-refractivity contribution is 0.0945. The fourth-order valence-corrected chi connectivity index (χ4v) is 2.63. The fourth-order valence-electron chi connectivity index (χ4n) is 2.63. The first-order valence-electron chi connectivity index (χ1n) is 8.78. The number of amides is 1. The molecule has 0 bridgehead atoms. The van der Waals surface area contributed by atoms with Gasteiger partial charge in [0.25, 0.3) is 5.91 Å². The zero-order valence-corrected chi connectivity index (χ0v) is 15.8. The summed E-state index contributed by atoms with van der Waals surface area (Å²) >= 11 is 0. The number of methoxy groups -OCH3 is 2. The highest BCUT2D eigenvalue weighted by atomic mass is 16.5. The summed E-state index contributed by atoms with van der Waals surface area (Å²) in [5.41, 5.74) is 2.31. The molecule has 1 amide bonds. The molecule has 1 heterocycles. The van der Waals surface area contributed by atoms with Gasteiger partial charge in [0, 0.05) is 19.2 Å². The van der Waals surface area contributed by atoms with Gasteiger partial charge in [0.2, 0.25) is 0 Å². The van der Waals surface area contributed by atoms with E-state index in [2.05, 4.69) is 20.6 Å². The average Bonchev–Trinajstić information content (AvgIpc) is 2.76. The van der Waals surface area contributed by atoms with Crippen molar-refractivity contribution < 1.29 is 14.3 Å². The molecule has 0 atom stereocenters. The number of benzene rings is 2. The molecule has 0 unspecified atom stereocenters. The van der Waals surface area contributed by atoms with Crippen LogP contribution in [0.3, 0.4) is 0 Å². The Bertz CT molecular complexity index is 932. The molecule has 1 aromatic heterocycles. The molecule has 0 fully saturated rings. The van der Waals surface area contributed by atoms with E-state index in [1.165, 1.54) is 6.33 Å². The van der Waals surface area contributed by atoms with Crippen LogP contribution in [0.25, 0.3) is 0 Å². The third-order valence-corrected chi connectivity index (χ3v) is 4.12. The van der Waals surface area contributed by atoms with E-state index < -0.39 is 0 Å². The first kappa shape index (κ1) is 19.2. The van der Waals surface area contributed by atoms with E-state index in [1.54, 1.807) is 26.4 Å². The van der Waals surface area contributed by atoms with Crippen molar-refractivity contribution in [1.82, 2.24) is 15.3 Å². The van der Waals surface area contributed by atoms with Gasteiger partial charge in [0.1, 0.15) is 17.8 Å². The Morgan fingerprint density at radius 3 is 2.43 bits per heavy atom. The van der Waals surface area contributed by atoms with Gasteiger partial charge in [0.15, 0.2) is 11.5 Å². The fraction of sp³-hybridized carbons (Fsp3) is 0.190. The molecular weight excluding hydrogens is 356 g/mol. The summed E-state index contributed by atoms with van der Waals surface area (Å²) in [4.78, 5) is 20.7. The summed E-state index contributed by atoms with van der Waals surface area (Å²) in [6.07, 6.45) is 1.37.